The second-order valence-corrected chi connectivity index (χ2v) is 6.72. The zero-order chi connectivity index (χ0) is 15.1. The zero-order valence-electron chi connectivity index (χ0n) is 13.3. The van der Waals surface area contributed by atoms with E-state index in [1.165, 1.54) is 46.2 Å². The van der Waals surface area contributed by atoms with Crippen molar-refractivity contribution in [3.05, 3.63) is 81.9 Å². The second-order valence-electron chi connectivity index (χ2n) is 6.72. The van der Waals surface area contributed by atoms with Gasteiger partial charge in [-0.2, -0.15) is 0 Å². The first-order valence-corrected chi connectivity index (χ1v) is 8.28. The van der Waals surface area contributed by atoms with Crippen LogP contribution in [0.5, 0.6) is 0 Å². The van der Waals surface area contributed by atoms with Crippen LogP contribution in [0.4, 0.5) is 0 Å². The van der Waals surface area contributed by atoms with E-state index >= 15 is 0 Å². The lowest BCUT2D eigenvalue weighted by molar-refractivity contribution is 0.611. The molecule has 110 valence electrons. The van der Waals surface area contributed by atoms with Gasteiger partial charge in [0.2, 0.25) is 0 Å². The summed E-state index contributed by atoms with van der Waals surface area (Å²) in [5, 5.41) is 0. The van der Waals surface area contributed by atoms with Crippen LogP contribution in [0.2, 0.25) is 0 Å². The SMILES string of the molecule is CC1=Cc2ccccc2[C@@H]1CC[C@@H]1C(C)=Cc2ccccc21. The average Bonchev–Trinajstić information content (AvgIpc) is 3.01. The highest BCUT2D eigenvalue weighted by atomic mass is 14.3. The van der Waals surface area contributed by atoms with Crippen molar-refractivity contribution in [3.8, 4) is 0 Å². The van der Waals surface area contributed by atoms with Gasteiger partial charge >= 0.3 is 0 Å². The lowest BCUT2D eigenvalue weighted by Gasteiger charge is -2.19. The van der Waals surface area contributed by atoms with Crippen molar-refractivity contribution in [1.82, 2.24) is 0 Å². The molecule has 2 aliphatic rings. The van der Waals surface area contributed by atoms with Crippen LogP contribution in [0.3, 0.4) is 0 Å². The van der Waals surface area contributed by atoms with Gasteiger partial charge in [0.1, 0.15) is 0 Å². The molecule has 0 saturated carbocycles. The van der Waals surface area contributed by atoms with Gasteiger partial charge in [-0.25, -0.2) is 0 Å². The van der Waals surface area contributed by atoms with Crippen molar-refractivity contribution in [1.29, 1.82) is 0 Å². The summed E-state index contributed by atoms with van der Waals surface area (Å²) in [7, 11) is 0. The molecule has 0 N–H and O–H groups in total. The van der Waals surface area contributed by atoms with Gasteiger partial charge in [0.05, 0.1) is 0 Å². The number of hydrogen-bond acceptors (Lipinski definition) is 0. The molecule has 0 nitrogen and oxygen atoms in total. The number of allylic oxidation sites excluding steroid dienone is 2. The summed E-state index contributed by atoms with van der Waals surface area (Å²) >= 11 is 0. The monoisotopic (exact) mass is 286 g/mol. The molecule has 2 aromatic rings. The van der Waals surface area contributed by atoms with Crippen molar-refractivity contribution in [2.75, 3.05) is 0 Å². The predicted molar refractivity (Wildman–Crippen MR) is 94.9 cm³/mol. The fourth-order valence-electron chi connectivity index (χ4n) is 4.20. The Hall–Kier alpha value is -2.08. The van der Waals surface area contributed by atoms with Gasteiger partial charge in [0.15, 0.2) is 0 Å². The van der Waals surface area contributed by atoms with Crippen LogP contribution in [0.25, 0.3) is 12.2 Å². The van der Waals surface area contributed by atoms with Crippen LogP contribution in [0.1, 0.15) is 60.8 Å². The van der Waals surface area contributed by atoms with E-state index in [9.17, 15) is 0 Å². The first-order valence-electron chi connectivity index (χ1n) is 8.28. The minimum atomic E-state index is 0.608. The molecule has 0 bridgehead atoms. The van der Waals surface area contributed by atoms with Gasteiger partial charge in [-0.05, 0) is 48.9 Å². The fraction of sp³-hybridized carbons (Fsp3) is 0.273. The van der Waals surface area contributed by atoms with E-state index in [2.05, 4.69) is 74.5 Å². The van der Waals surface area contributed by atoms with Crippen molar-refractivity contribution in [3.63, 3.8) is 0 Å². The Labute approximate surface area is 133 Å². The van der Waals surface area contributed by atoms with Gasteiger partial charge in [-0.3, -0.25) is 0 Å². The molecule has 0 radical (unpaired) electrons. The summed E-state index contributed by atoms with van der Waals surface area (Å²) in [4.78, 5) is 0. The Morgan fingerprint density at radius 2 is 1.05 bits per heavy atom. The van der Waals surface area contributed by atoms with Crippen LogP contribution < -0.4 is 0 Å². The maximum Gasteiger partial charge on any atom is 0.00549 e. The molecule has 0 fully saturated rings. The molecular weight excluding hydrogens is 264 g/mol. The minimum absolute atomic E-state index is 0.608. The van der Waals surface area contributed by atoms with Gasteiger partial charge in [-0.15, -0.1) is 0 Å². The Kier molecular flexibility index (Phi) is 3.26. The normalized spacial score (nSPS) is 22.1. The van der Waals surface area contributed by atoms with Gasteiger partial charge in [0, 0.05) is 11.8 Å². The Morgan fingerprint density at radius 3 is 1.50 bits per heavy atom. The van der Waals surface area contributed by atoms with Crippen LogP contribution in [0, 0.1) is 0 Å². The third-order valence-electron chi connectivity index (χ3n) is 5.35. The highest BCUT2D eigenvalue weighted by Gasteiger charge is 2.26. The maximum atomic E-state index is 2.37. The summed E-state index contributed by atoms with van der Waals surface area (Å²) < 4.78 is 0. The van der Waals surface area contributed by atoms with Crippen LogP contribution in [0.15, 0.2) is 59.7 Å². The number of fused-ring (bicyclic) bond motifs is 2. The molecule has 0 amide bonds. The van der Waals surface area contributed by atoms with Crippen LogP contribution >= 0.6 is 0 Å². The molecule has 0 aliphatic heterocycles. The molecule has 2 aromatic carbocycles. The Bertz CT molecular complexity index is 709. The highest BCUT2D eigenvalue weighted by Crippen LogP contribution is 2.44. The van der Waals surface area contributed by atoms with Gasteiger partial charge < -0.3 is 0 Å². The molecule has 0 heteroatoms. The number of hydrogen-bond donors (Lipinski definition) is 0. The van der Waals surface area contributed by atoms with Gasteiger partial charge in [-0.1, -0.05) is 71.8 Å². The molecule has 0 saturated heterocycles. The highest BCUT2D eigenvalue weighted by molar-refractivity contribution is 5.67. The van der Waals surface area contributed by atoms with Crippen molar-refractivity contribution >= 4 is 12.2 Å². The third-order valence-corrected chi connectivity index (χ3v) is 5.35. The molecule has 22 heavy (non-hydrogen) atoms. The summed E-state index contributed by atoms with van der Waals surface area (Å²) in [6.45, 7) is 4.58. The van der Waals surface area contributed by atoms with Crippen LogP contribution in [-0.2, 0) is 0 Å². The topological polar surface area (TPSA) is 0 Å². The van der Waals surface area contributed by atoms with E-state index in [-0.39, 0.29) is 0 Å². The largest absolute Gasteiger partial charge is 0.0652 e. The summed E-state index contributed by atoms with van der Waals surface area (Å²) in [5.41, 5.74) is 8.93. The summed E-state index contributed by atoms with van der Waals surface area (Å²) in [6.07, 6.45) is 7.21. The standard InChI is InChI=1S/C22H22/c1-15-13-17-7-3-5-9-21(17)19(15)11-12-20-16(2)14-18-8-4-6-10-22(18)20/h3-10,13-14,19-20H,11-12H2,1-2H3/t19-,20-/m1/s1. The average molecular weight is 286 g/mol. The van der Waals surface area contributed by atoms with E-state index < -0.39 is 0 Å². The van der Waals surface area contributed by atoms with E-state index in [1.807, 2.05) is 0 Å². The van der Waals surface area contributed by atoms with Crippen molar-refractivity contribution in [2.24, 2.45) is 0 Å². The van der Waals surface area contributed by atoms with E-state index in [1.54, 1.807) is 0 Å². The summed E-state index contributed by atoms with van der Waals surface area (Å²) in [6, 6.07) is 17.7. The first-order chi connectivity index (χ1) is 10.7. The smallest absolute Gasteiger partial charge is 0.00549 e. The number of benzene rings is 2. The van der Waals surface area contributed by atoms with E-state index in [0.717, 1.165) is 0 Å². The predicted octanol–water partition coefficient (Wildman–Crippen LogP) is 6.17. The van der Waals surface area contributed by atoms with Crippen LogP contribution in [-0.4, -0.2) is 0 Å². The maximum absolute atomic E-state index is 2.37. The Morgan fingerprint density at radius 1 is 0.636 bits per heavy atom. The Balaban J connectivity index is 1.55. The van der Waals surface area contributed by atoms with Crippen molar-refractivity contribution in [2.45, 2.75) is 38.5 Å². The fourth-order valence-corrected chi connectivity index (χ4v) is 4.20. The summed E-state index contributed by atoms with van der Waals surface area (Å²) in [5.74, 6) is 1.22. The second kappa shape index (κ2) is 5.28. The molecule has 4 rings (SSSR count). The van der Waals surface area contributed by atoms with E-state index in [4.69, 9.17) is 0 Å². The molecule has 0 spiro atoms. The minimum Gasteiger partial charge on any atom is -0.0652 e. The molecule has 0 aromatic heterocycles. The van der Waals surface area contributed by atoms with Crippen molar-refractivity contribution < 1.29 is 0 Å². The lowest BCUT2D eigenvalue weighted by Crippen LogP contribution is -2.03. The van der Waals surface area contributed by atoms with E-state index in [0.29, 0.717) is 11.8 Å². The molecule has 2 aliphatic carbocycles. The number of rotatable bonds is 3. The zero-order valence-corrected chi connectivity index (χ0v) is 13.3. The molecular formula is C22H22. The quantitative estimate of drug-likeness (QED) is 0.633. The van der Waals surface area contributed by atoms with Gasteiger partial charge in [0.25, 0.3) is 0 Å². The molecule has 2 atom stereocenters. The third kappa shape index (κ3) is 2.14. The lowest BCUT2D eigenvalue weighted by atomic mass is 9.85. The molecule has 0 heterocycles. The molecule has 0 unspecified atom stereocenters. The first kappa shape index (κ1) is 13.6.